The highest BCUT2D eigenvalue weighted by molar-refractivity contribution is 5.97. The van der Waals surface area contributed by atoms with Gasteiger partial charge in [0.15, 0.2) is 0 Å². The summed E-state index contributed by atoms with van der Waals surface area (Å²) in [7, 11) is 0. The van der Waals surface area contributed by atoms with E-state index in [1.165, 1.54) is 11.8 Å². The summed E-state index contributed by atoms with van der Waals surface area (Å²) in [5, 5.41) is 2.84. The van der Waals surface area contributed by atoms with E-state index in [1.54, 1.807) is 0 Å². The second-order valence-electron chi connectivity index (χ2n) is 5.99. The average Bonchev–Trinajstić information content (AvgIpc) is 2.52. The summed E-state index contributed by atoms with van der Waals surface area (Å²) in [5.74, 6) is 0.111. The first-order valence-electron chi connectivity index (χ1n) is 8.28. The van der Waals surface area contributed by atoms with Crippen molar-refractivity contribution < 1.29 is 9.59 Å². The standard InChI is InChI=1S/C18H29N3O2/c1-6-20(7-2)16-8-10-17(11-9-16)21(15(5)22)13-18(23)19-12-14(3)4/h8-11,14H,6-7,12-13H2,1-5H3,(H,19,23). The summed E-state index contributed by atoms with van der Waals surface area (Å²) in [5.41, 5.74) is 1.86. The lowest BCUT2D eigenvalue weighted by molar-refractivity contribution is -0.123. The van der Waals surface area contributed by atoms with Crippen LogP contribution in [0.3, 0.4) is 0 Å². The van der Waals surface area contributed by atoms with Gasteiger partial charge in [-0.1, -0.05) is 13.8 Å². The van der Waals surface area contributed by atoms with Gasteiger partial charge in [-0.25, -0.2) is 0 Å². The van der Waals surface area contributed by atoms with Crippen molar-refractivity contribution in [1.82, 2.24) is 5.32 Å². The first-order valence-corrected chi connectivity index (χ1v) is 8.28. The van der Waals surface area contributed by atoms with Gasteiger partial charge in [-0.15, -0.1) is 0 Å². The summed E-state index contributed by atoms with van der Waals surface area (Å²) in [6.45, 7) is 12.3. The van der Waals surface area contributed by atoms with E-state index >= 15 is 0 Å². The number of nitrogens with one attached hydrogen (secondary N) is 1. The van der Waals surface area contributed by atoms with E-state index in [4.69, 9.17) is 0 Å². The van der Waals surface area contributed by atoms with Crippen molar-refractivity contribution in [3.8, 4) is 0 Å². The van der Waals surface area contributed by atoms with Gasteiger partial charge in [-0.2, -0.15) is 0 Å². The van der Waals surface area contributed by atoms with Crippen molar-refractivity contribution >= 4 is 23.2 Å². The second kappa shape index (κ2) is 9.18. The van der Waals surface area contributed by atoms with Crippen LogP contribution in [0.2, 0.25) is 0 Å². The maximum absolute atomic E-state index is 12.0. The van der Waals surface area contributed by atoms with Gasteiger partial charge >= 0.3 is 0 Å². The molecule has 0 heterocycles. The molecule has 0 radical (unpaired) electrons. The highest BCUT2D eigenvalue weighted by atomic mass is 16.2. The Morgan fingerprint density at radius 1 is 1.04 bits per heavy atom. The molecule has 5 nitrogen and oxygen atoms in total. The van der Waals surface area contributed by atoms with Gasteiger partial charge in [-0.05, 0) is 44.0 Å². The molecule has 23 heavy (non-hydrogen) atoms. The number of amides is 2. The normalized spacial score (nSPS) is 10.5. The predicted molar refractivity (Wildman–Crippen MR) is 95.9 cm³/mol. The smallest absolute Gasteiger partial charge is 0.240 e. The Hall–Kier alpha value is -2.04. The molecule has 0 aliphatic carbocycles. The Labute approximate surface area is 139 Å². The maximum Gasteiger partial charge on any atom is 0.240 e. The molecule has 0 fully saturated rings. The molecule has 1 aromatic rings. The first-order chi connectivity index (χ1) is 10.9. The van der Waals surface area contributed by atoms with Crippen molar-refractivity contribution in [2.45, 2.75) is 34.6 Å². The molecule has 0 unspecified atom stereocenters. The SMILES string of the molecule is CCN(CC)c1ccc(N(CC(=O)NCC(C)C)C(C)=O)cc1. The molecule has 2 amide bonds. The third-order valence-electron chi connectivity index (χ3n) is 3.68. The number of anilines is 2. The van der Waals surface area contributed by atoms with E-state index in [0.717, 1.165) is 24.5 Å². The molecule has 0 aliphatic heterocycles. The lowest BCUT2D eigenvalue weighted by Gasteiger charge is -2.24. The maximum atomic E-state index is 12.0. The number of benzene rings is 1. The molecule has 0 aromatic heterocycles. The molecular weight excluding hydrogens is 290 g/mol. The van der Waals surface area contributed by atoms with Crippen LogP contribution in [0.1, 0.15) is 34.6 Å². The third kappa shape index (κ3) is 5.93. The molecule has 1 N–H and O–H groups in total. The molecule has 1 rings (SSSR count). The minimum Gasteiger partial charge on any atom is -0.372 e. The van der Waals surface area contributed by atoms with Gasteiger partial charge in [0, 0.05) is 37.9 Å². The number of nitrogens with zero attached hydrogens (tertiary/aromatic N) is 2. The van der Waals surface area contributed by atoms with Gasteiger partial charge in [0.05, 0.1) is 0 Å². The monoisotopic (exact) mass is 319 g/mol. The Morgan fingerprint density at radius 3 is 2.00 bits per heavy atom. The van der Waals surface area contributed by atoms with Gasteiger partial charge in [-0.3, -0.25) is 9.59 Å². The molecule has 1 aromatic carbocycles. The largest absolute Gasteiger partial charge is 0.372 e. The minimum absolute atomic E-state index is 0.0483. The van der Waals surface area contributed by atoms with E-state index in [2.05, 4.69) is 24.1 Å². The van der Waals surface area contributed by atoms with Crippen molar-refractivity contribution in [2.75, 3.05) is 36.0 Å². The van der Waals surface area contributed by atoms with Gasteiger partial charge in [0.2, 0.25) is 11.8 Å². The van der Waals surface area contributed by atoms with Crippen LogP contribution in [0.5, 0.6) is 0 Å². The lowest BCUT2D eigenvalue weighted by Crippen LogP contribution is -2.40. The minimum atomic E-state index is -0.139. The quantitative estimate of drug-likeness (QED) is 0.801. The zero-order chi connectivity index (χ0) is 17.4. The molecule has 128 valence electrons. The Bertz CT molecular complexity index is 508. The van der Waals surface area contributed by atoms with Crippen LogP contribution in [0, 0.1) is 5.92 Å². The third-order valence-corrected chi connectivity index (χ3v) is 3.68. The fraction of sp³-hybridized carbons (Fsp3) is 0.556. The summed E-state index contributed by atoms with van der Waals surface area (Å²) in [4.78, 5) is 27.6. The average molecular weight is 319 g/mol. The molecule has 0 aliphatic rings. The summed E-state index contributed by atoms with van der Waals surface area (Å²) >= 11 is 0. The summed E-state index contributed by atoms with van der Waals surface area (Å²) < 4.78 is 0. The first kappa shape index (κ1) is 19.0. The molecule has 0 atom stereocenters. The van der Waals surface area contributed by atoms with E-state index in [-0.39, 0.29) is 18.4 Å². The fourth-order valence-electron chi connectivity index (χ4n) is 2.33. The topological polar surface area (TPSA) is 52.6 Å². The van der Waals surface area contributed by atoms with Gasteiger partial charge < -0.3 is 15.1 Å². The zero-order valence-electron chi connectivity index (χ0n) is 14.9. The summed E-state index contributed by atoms with van der Waals surface area (Å²) in [6, 6.07) is 7.77. The van der Waals surface area contributed by atoms with Crippen molar-refractivity contribution in [1.29, 1.82) is 0 Å². The van der Waals surface area contributed by atoms with E-state index in [9.17, 15) is 9.59 Å². The molecule has 0 spiro atoms. The van der Waals surface area contributed by atoms with Crippen molar-refractivity contribution in [2.24, 2.45) is 5.92 Å². The predicted octanol–water partition coefficient (Wildman–Crippen LogP) is 2.66. The molecular formula is C18H29N3O2. The second-order valence-corrected chi connectivity index (χ2v) is 5.99. The van der Waals surface area contributed by atoms with Crippen LogP contribution in [0.4, 0.5) is 11.4 Å². The molecule has 0 saturated carbocycles. The molecule has 0 bridgehead atoms. The number of carbonyl (C=O) groups is 2. The summed E-state index contributed by atoms with van der Waals surface area (Å²) in [6.07, 6.45) is 0. The van der Waals surface area contributed by atoms with E-state index in [0.29, 0.717) is 12.5 Å². The number of hydrogen-bond acceptors (Lipinski definition) is 3. The Balaban J connectivity index is 2.81. The molecule has 0 saturated heterocycles. The van der Waals surface area contributed by atoms with Crippen LogP contribution >= 0.6 is 0 Å². The fourth-order valence-corrected chi connectivity index (χ4v) is 2.33. The highest BCUT2D eigenvalue weighted by Crippen LogP contribution is 2.21. The van der Waals surface area contributed by atoms with Gasteiger partial charge in [0.25, 0.3) is 0 Å². The van der Waals surface area contributed by atoms with Crippen LogP contribution in [-0.4, -0.2) is 38.0 Å². The number of hydrogen-bond donors (Lipinski definition) is 1. The van der Waals surface area contributed by atoms with Crippen LogP contribution < -0.4 is 15.1 Å². The van der Waals surface area contributed by atoms with Crippen LogP contribution in [-0.2, 0) is 9.59 Å². The highest BCUT2D eigenvalue weighted by Gasteiger charge is 2.16. The zero-order valence-corrected chi connectivity index (χ0v) is 14.9. The number of rotatable bonds is 8. The van der Waals surface area contributed by atoms with E-state index < -0.39 is 0 Å². The van der Waals surface area contributed by atoms with E-state index in [1.807, 2.05) is 38.1 Å². The lowest BCUT2D eigenvalue weighted by atomic mass is 10.2. The van der Waals surface area contributed by atoms with Crippen LogP contribution in [0.25, 0.3) is 0 Å². The number of carbonyl (C=O) groups excluding carboxylic acids is 2. The van der Waals surface area contributed by atoms with Crippen molar-refractivity contribution in [3.05, 3.63) is 24.3 Å². The molecule has 5 heteroatoms. The van der Waals surface area contributed by atoms with Gasteiger partial charge in [0.1, 0.15) is 6.54 Å². The van der Waals surface area contributed by atoms with Crippen molar-refractivity contribution in [3.63, 3.8) is 0 Å². The Kier molecular flexibility index (Phi) is 7.59. The Morgan fingerprint density at radius 2 is 1.57 bits per heavy atom. The van der Waals surface area contributed by atoms with Crippen LogP contribution in [0.15, 0.2) is 24.3 Å².